The van der Waals surface area contributed by atoms with E-state index in [1.165, 1.54) is 6.21 Å². The number of carbonyl (C=O) groups is 1. The number of fused-ring (bicyclic) bond motifs is 3. The Hall–Kier alpha value is -3.14. The van der Waals surface area contributed by atoms with Gasteiger partial charge in [0.15, 0.2) is 0 Å². The van der Waals surface area contributed by atoms with Crippen LogP contribution in [0.1, 0.15) is 22.8 Å². The molecule has 0 saturated heterocycles. The van der Waals surface area contributed by atoms with Crippen LogP contribution in [0.15, 0.2) is 76.4 Å². The summed E-state index contributed by atoms with van der Waals surface area (Å²) in [5.41, 5.74) is 6.86. The van der Waals surface area contributed by atoms with E-state index in [-0.39, 0.29) is 11.8 Å². The maximum absolute atomic E-state index is 12.6. The number of hydrogen-bond acceptors (Lipinski definition) is 3. The monoisotopic (exact) mass is 302 g/mol. The van der Waals surface area contributed by atoms with Gasteiger partial charge in [0.25, 0.3) is 5.91 Å². The van der Waals surface area contributed by atoms with Gasteiger partial charge in [-0.15, -0.1) is 0 Å². The third-order valence-electron chi connectivity index (χ3n) is 4.01. The van der Waals surface area contributed by atoms with Crippen molar-refractivity contribution in [2.45, 2.75) is 5.92 Å². The number of rotatable bonds is 3. The zero-order valence-corrected chi connectivity index (χ0v) is 12.3. The van der Waals surface area contributed by atoms with Gasteiger partial charge in [0.2, 0.25) is 0 Å². The highest BCUT2D eigenvalue weighted by molar-refractivity contribution is 5.96. The number of amides is 1. The molecule has 0 aliphatic heterocycles. The lowest BCUT2D eigenvalue weighted by atomic mass is 9.96. The molecule has 0 bridgehead atoms. The van der Waals surface area contributed by atoms with Crippen LogP contribution in [-0.4, -0.2) is 12.1 Å². The molecule has 4 rings (SSSR count). The Morgan fingerprint density at radius 3 is 2.22 bits per heavy atom. The van der Waals surface area contributed by atoms with Crippen molar-refractivity contribution in [2.24, 2.45) is 5.10 Å². The second kappa shape index (κ2) is 5.57. The predicted octanol–water partition coefficient (Wildman–Crippen LogP) is 3.54. The van der Waals surface area contributed by atoms with Gasteiger partial charge in [0.1, 0.15) is 5.76 Å². The molecule has 1 aliphatic carbocycles. The Morgan fingerprint density at radius 1 is 0.957 bits per heavy atom. The highest BCUT2D eigenvalue weighted by Gasteiger charge is 2.33. The smallest absolute Gasteiger partial charge is 0.252 e. The Morgan fingerprint density at radius 2 is 1.61 bits per heavy atom. The van der Waals surface area contributed by atoms with E-state index in [1.807, 2.05) is 48.5 Å². The Kier molecular flexibility index (Phi) is 3.27. The lowest BCUT2D eigenvalue weighted by Gasteiger charge is -2.11. The number of carbonyl (C=O) groups excluding carboxylic acids is 1. The largest absolute Gasteiger partial charge is 0.463 e. The van der Waals surface area contributed by atoms with Crippen LogP contribution in [0.25, 0.3) is 11.1 Å². The van der Waals surface area contributed by atoms with Crippen LogP contribution in [0.3, 0.4) is 0 Å². The number of nitrogens with zero attached hydrogens (tertiary/aromatic N) is 1. The van der Waals surface area contributed by atoms with Gasteiger partial charge in [-0.3, -0.25) is 4.79 Å². The van der Waals surface area contributed by atoms with Gasteiger partial charge >= 0.3 is 0 Å². The van der Waals surface area contributed by atoms with Crippen molar-refractivity contribution in [3.8, 4) is 11.1 Å². The van der Waals surface area contributed by atoms with Crippen LogP contribution in [0.4, 0.5) is 0 Å². The summed E-state index contributed by atoms with van der Waals surface area (Å²) in [7, 11) is 0. The molecule has 4 nitrogen and oxygen atoms in total. The Balaban J connectivity index is 1.64. The molecule has 112 valence electrons. The van der Waals surface area contributed by atoms with Gasteiger partial charge in [-0.25, -0.2) is 5.43 Å². The fourth-order valence-corrected chi connectivity index (χ4v) is 3.03. The maximum atomic E-state index is 12.6. The number of furan rings is 1. The van der Waals surface area contributed by atoms with Gasteiger partial charge in [-0.1, -0.05) is 48.5 Å². The molecule has 23 heavy (non-hydrogen) atoms. The zero-order chi connectivity index (χ0) is 15.6. The number of hydrogen-bond donors (Lipinski definition) is 1. The lowest BCUT2D eigenvalue weighted by molar-refractivity contribution is -0.121. The summed E-state index contributed by atoms with van der Waals surface area (Å²) in [5.74, 6) is 0.110. The minimum atomic E-state index is -0.337. The van der Waals surface area contributed by atoms with Gasteiger partial charge in [0, 0.05) is 0 Å². The highest BCUT2D eigenvalue weighted by Crippen LogP contribution is 2.44. The third-order valence-corrected chi connectivity index (χ3v) is 4.01. The fourth-order valence-electron chi connectivity index (χ4n) is 3.03. The molecule has 0 atom stereocenters. The van der Waals surface area contributed by atoms with Crippen LogP contribution < -0.4 is 5.43 Å². The van der Waals surface area contributed by atoms with Crippen molar-refractivity contribution in [3.05, 3.63) is 83.8 Å². The molecule has 0 saturated carbocycles. The topological polar surface area (TPSA) is 54.6 Å². The van der Waals surface area contributed by atoms with Gasteiger partial charge in [-0.2, -0.15) is 5.10 Å². The molecule has 3 aromatic rings. The Bertz CT molecular complexity index is 836. The normalized spacial score (nSPS) is 13.0. The average molecular weight is 302 g/mol. The molecule has 0 unspecified atom stereocenters. The standard InChI is InChI=1S/C19H14N2O2/c22-19(21-20-12-13-6-5-11-23-13)18-16-9-3-1-7-14(16)15-8-2-4-10-17(15)18/h1-12,18H,(H,21,22). The molecular weight excluding hydrogens is 288 g/mol. The zero-order valence-electron chi connectivity index (χ0n) is 12.3. The SMILES string of the molecule is O=C(NN=Cc1ccco1)C1c2ccccc2-c2ccccc21. The second-order valence-corrected chi connectivity index (χ2v) is 5.36. The van der Waals surface area contributed by atoms with Crippen LogP contribution in [0.5, 0.6) is 0 Å². The van der Waals surface area contributed by atoms with Crippen molar-refractivity contribution in [3.63, 3.8) is 0 Å². The predicted molar refractivity (Wildman–Crippen MR) is 88.2 cm³/mol. The van der Waals surface area contributed by atoms with Gasteiger partial charge in [0.05, 0.1) is 18.4 Å². The molecule has 4 heteroatoms. The first kappa shape index (κ1) is 13.5. The first-order valence-electron chi connectivity index (χ1n) is 7.39. The van der Waals surface area contributed by atoms with E-state index in [0.717, 1.165) is 22.3 Å². The summed E-state index contributed by atoms with van der Waals surface area (Å²) in [6, 6.07) is 19.5. The fraction of sp³-hybridized carbons (Fsp3) is 0.0526. The Labute approximate surface area is 133 Å². The summed E-state index contributed by atoms with van der Waals surface area (Å²) in [5, 5.41) is 3.99. The van der Waals surface area contributed by atoms with Gasteiger partial charge < -0.3 is 4.42 Å². The maximum Gasteiger partial charge on any atom is 0.252 e. The number of benzene rings is 2. The van der Waals surface area contributed by atoms with E-state index in [2.05, 4.69) is 10.5 Å². The van der Waals surface area contributed by atoms with Crippen LogP contribution in [0.2, 0.25) is 0 Å². The average Bonchev–Trinajstić information content (AvgIpc) is 3.20. The van der Waals surface area contributed by atoms with E-state index >= 15 is 0 Å². The van der Waals surface area contributed by atoms with E-state index in [4.69, 9.17) is 4.42 Å². The highest BCUT2D eigenvalue weighted by atomic mass is 16.3. The first-order valence-corrected chi connectivity index (χ1v) is 7.39. The number of hydrazone groups is 1. The molecule has 1 aromatic heterocycles. The second-order valence-electron chi connectivity index (χ2n) is 5.36. The van der Waals surface area contributed by atoms with Gasteiger partial charge in [-0.05, 0) is 34.4 Å². The lowest BCUT2D eigenvalue weighted by Crippen LogP contribution is -2.24. The van der Waals surface area contributed by atoms with E-state index in [0.29, 0.717) is 5.76 Å². The molecule has 1 N–H and O–H groups in total. The molecule has 1 heterocycles. The quantitative estimate of drug-likeness (QED) is 0.594. The van der Waals surface area contributed by atoms with E-state index in [1.54, 1.807) is 18.4 Å². The van der Waals surface area contributed by atoms with Crippen molar-refractivity contribution >= 4 is 12.1 Å². The minimum absolute atomic E-state index is 0.148. The van der Waals surface area contributed by atoms with Crippen LogP contribution >= 0.6 is 0 Å². The minimum Gasteiger partial charge on any atom is -0.463 e. The third kappa shape index (κ3) is 2.34. The van der Waals surface area contributed by atoms with E-state index < -0.39 is 0 Å². The molecule has 0 radical (unpaired) electrons. The molecule has 0 fully saturated rings. The molecule has 2 aromatic carbocycles. The summed E-state index contributed by atoms with van der Waals surface area (Å²) in [6.07, 6.45) is 3.05. The molecule has 1 amide bonds. The summed E-state index contributed by atoms with van der Waals surface area (Å²) in [6.45, 7) is 0. The van der Waals surface area contributed by atoms with Crippen molar-refractivity contribution in [1.29, 1.82) is 0 Å². The first-order chi connectivity index (χ1) is 11.3. The van der Waals surface area contributed by atoms with E-state index in [9.17, 15) is 4.79 Å². The van der Waals surface area contributed by atoms with Crippen LogP contribution in [0, 0.1) is 0 Å². The summed E-state index contributed by atoms with van der Waals surface area (Å²) < 4.78 is 5.15. The summed E-state index contributed by atoms with van der Waals surface area (Å²) in [4.78, 5) is 12.6. The van der Waals surface area contributed by atoms with Crippen molar-refractivity contribution in [2.75, 3.05) is 0 Å². The van der Waals surface area contributed by atoms with Crippen molar-refractivity contribution in [1.82, 2.24) is 5.43 Å². The number of nitrogens with one attached hydrogen (secondary N) is 1. The molecule has 0 spiro atoms. The van der Waals surface area contributed by atoms with Crippen LogP contribution in [-0.2, 0) is 4.79 Å². The summed E-state index contributed by atoms with van der Waals surface area (Å²) >= 11 is 0. The van der Waals surface area contributed by atoms with Crippen molar-refractivity contribution < 1.29 is 9.21 Å². The molecular formula is C19H14N2O2. The molecule has 1 aliphatic rings.